The zero-order valence-electron chi connectivity index (χ0n) is 15.7. The highest BCUT2D eigenvalue weighted by molar-refractivity contribution is 5.74. The molecule has 1 N–H and O–H groups in total. The molecule has 1 aromatic rings. The van der Waals surface area contributed by atoms with Gasteiger partial charge in [0.25, 0.3) is 0 Å². The molecule has 2 fully saturated rings. The molecule has 0 atom stereocenters. The van der Waals surface area contributed by atoms with E-state index < -0.39 is 0 Å². The van der Waals surface area contributed by atoms with Gasteiger partial charge in [0.15, 0.2) is 0 Å². The van der Waals surface area contributed by atoms with Gasteiger partial charge in [-0.2, -0.15) is 0 Å². The number of urea groups is 1. The summed E-state index contributed by atoms with van der Waals surface area (Å²) in [5.74, 6) is 0. The van der Waals surface area contributed by atoms with Gasteiger partial charge in [0.05, 0.1) is 13.2 Å². The molecule has 1 aromatic carbocycles. The molecule has 3 rings (SSSR count). The van der Waals surface area contributed by atoms with Gasteiger partial charge in [-0.25, -0.2) is 4.79 Å². The van der Waals surface area contributed by atoms with E-state index in [9.17, 15) is 4.79 Å². The summed E-state index contributed by atoms with van der Waals surface area (Å²) in [6.07, 6.45) is 1.99. The van der Waals surface area contributed by atoms with Crippen LogP contribution in [0, 0.1) is 0 Å². The molecule has 0 aromatic heterocycles. The van der Waals surface area contributed by atoms with Gasteiger partial charge in [-0.15, -0.1) is 0 Å². The maximum atomic E-state index is 12.3. The number of hydrogen-bond acceptors (Lipinski definition) is 4. The van der Waals surface area contributed by atoms with Crippen molar-refractivity contribution in [3.8, 4) is 0 Å². The lowest BCUT2D eigenvalue weighted by Gasteiger charge is -2.36. The molecule has 6 nitrogen and oxygen atoms in total. The summed E-state index contributed by atoms with van der Waals surface area (Å²) >= 11 is 0. The predicted octanol–water partition coefficient (Wildman–Crippen LogP) is 1.28. The molecule has 144 valence electrons. The SMILES string of the molecule is O=C(NCCCc1ccccc1)N1CCN(CCN2CCOCC2)CC1. The second kappa shape index (κ2) is 10.5. The predicted molar refractivity (Wildman–Crippen MR) is 103 cm³/mol. The fourth-order valence-corrected chi connectivity index (χ4v) is 3.53. The Labute approximate surface area is 157 Å². The highest BCUT2D eigenvalue weighted by Gasteiger charge is 2.21. The van der Waals surface area contributed by atoms with Crippen molar-refractivity contribution in [1.82, 2.24) is 20.0 Å². The minimum atomic E-state index is 0.0888. The number of amides is 2. The Bertz CT molecular complexity index is 526. The number of carbonyl (C=O) groups is 1. The summed E-state index contributed by atoms with van der Waals surface area (Å²) in [6.45, 7) is 10.4. The number of piperazine rings is 1. The topological polar surface area (TPSA) is 48.1 Å². The van der Waals surface area contributed by atoms with Crippen LogP contribution in [0.2, 0.25) is 0 Å². The second-order valence-electron chi connectivity index (χ2n) is 7.10. The van der Waals surface area contributed by atoms with E-state index in [2.05, 4.69) is 39.4 Å². The fourth-order valence-electron chi connectivity index (χ4n) is 3.53. The van der Waals surface area contributed by atoms with Crippen LogP contribution in [0.25, 0.3) is 0 Å². The highest BCUT2D eigenvalue weighted by atomic mass is 16.5. The van der Waals surface area contributed by atoms with E-state index in [1.807, 2.05) is 11.0 Å². The van der Waals surface area contributed by atoms with Crippen LogP contribution in [0.1, 0.15) is 12.0 Å². The smallest absolute Gasteiger partial charge is 0.317 e. The Morgan fingerprint density at radius 3 is 2.27 bits per heavy atom. The van der Waals surface area contributed by atoms with Gasteiger partial charge < -0.3 is 15.0 Å². The monoisotopic (exact) mass is 360 g/mol. The number of aryl methyl sites for hydroxylation is 1. The Balaban J connectivity index is 1.26. The van der Waals surface area contributed by atoms with Gasteiger partial charge in [-0.3, -0.25) is 9.80 Å². The van der Waals surface area contributed by atoms with Crippen molar-refractivity contribution in [3.63, 3.8) is 0 Å². The highest BCUT2D eigenvalue weighted by Crippen LogP contribution is 2.05. The van der Waals surface area contributed by atoms with Crippen molar-refractivity contribution in [2.45, 2.75) is 12.8 Å². The molecule has 0 spiro atoms. The molecule has 2 heterocycles. The number of nitrogens with one attached hydrogen (secondary N) is 1. The summed E-state index contributed by atoms with van der Waals surface area (Å²) < 4.78 is 5.39. The van der Waals surface area contributed by atoms with E-state index in [1.54, 1.807) is 0 Å². The van der Waals surface area contributed by atoms with Crippen LogP contribution in [0.3, 0.4) is 0 Å². The van der Waals surface area contributed by atoms with Crippen molar-refractivity contribution in [2.75, 3.05) is 72.1 Å². The number of hydrogen-bond donors (Lipinski definition) is 1. The molecular formula is C20H32N4O2. The number of morpholine rings is 1. The van der Waals surface area contributed by atoms with Crippen molar-refractivity contribution < 1.29 is 9.53 Å². The second-order valence-corrected chi connectivity index (χ2v) is 7.10. The number of rotatable bonds is 7. The van der Waals surface area contributed by atoms with E-state index in [4.69, 9.17) is 4.74 Å². The van der Waals surface area contributed by atoms with Crippen molar-refractivity contribution in [3.05, 3.63) is 35.9 Å². The first-order valence-corrected chi connectivity index (χ1v) is 9.90. The van der Waals surface area contributed by atoms with E-state index in [0.717, 1.165) is 85.0 Å². The standard InChI is InChI=1S/C20H32N4O2/c25-20(21-8-4-7-19-5-2-1-3-6-19)24-13-11-22(12-14-24)9-10-23-15-17-26-18-16-23/h1-3,5-6H,4,7-18H2,(H,21,25). The third kappa shape index (κ3) is 6.27. The molecule has 0 aliphatic carbocycles. The molecule has 0 unspecified atom stereocenters. The maximum Gasteiger partial charge on any atom is 0.317 e. The Morgan fingerprint density at radius 2 is 1.58 bits per heavy atom. The molecule has 2 aliphatic heterocycles. The van der Waals surface area contributed by atoms with Crippen LogP contribution in [-0.4, -0.2) is 92.8 Å². The van der Waals surface area contributed by atoms with E-state index in [1.165, 1.54) is 5.56 Å². The molecule has 0 radical (unpaired) electrons. The van der Waals surface area contributed by atoms with Gasteiger partial charge >= 0.3 is 6.03 Å². The van der Waals surface area contributed by atoms with E-state index >= 15 is 0 Å². The minimum absolute atomic E-state index is 0.0888. The lowest BCUT2D eigenvalue weighted by Crippen LogP contribution is -2.53. The van der Waals surface area contributed by atoms with Gasteiger partial charge in [0, 0.05) is 58.9 Å². The van der Waals surface area contributed by atoms with Crippen molar-refractivity contribution in [1.29, 1.82) is 0 Å². The first-order valence-electron chi connectivity index (χ1n) is 9.90. The van der Waals surface area contributed by atoms with Crippen LogP contribution >= 0.6 is 0 Å². The average molecular weight is 361 g/mol. The lowest BCUT2D eigenvalue weighted by molar-refractivity contribution is 0.0309. The molecule has 2 saturated heterocycles. The van der Waals surface area contributed by atoms with Crippen molar-refractivity contribution >= 4 is 6.03 Å². The van der Waals surface area contributed by atoms with Crippen LogP contribution < -0.4 is 5.32 Å². The summed E-state index contributed by atoms with van der Waals surface area (Å²) in [5, 5.41) is 3.07. The number of nitrogens with zero attached hydrogens (tertiary/aromatic N) is 3. The van der Waals surface area contributed by atoms with Crippen molar-refractivity contribution in [2.24, 2.45) is 0 Å². The molecule has 26 heavy (non-hydrogen) atoms. The molecular weight excluding hydrogens is 328 g/mol. The van der Waals surface area contributed by atoms with Crippen LogP contribution in [0.15, 0.2) is 30.3 Å². The van der Waals surface area contributed by atoms with Crippen LogP contribution in [-0.2, 0) is 11.2 Å². The molecule has 2 amide bonds. The third-order valence-electron chi connectivity index (χ3n) is 5.26. The molecule has 0 saturated carbocycles. The molecule has 2 aliphatic rings. The van der Waals surface area contributed by atoms with E-state index in [-0.39, 0.29) is 6.03 Å². The average Bonchev–Trinajstić information content (AvgIpc) is 2.71. The van der Waals surface area contributed by atoms with Gasteiger partial charge in [-0.05, 0) is 18.4 Å². The molecule has 6 heteroatoms. The van der Waals surface area contributed by atoms with Gasteiger partial charge in [0.2, 0.25) is 0 Å². The number of ether oxygens (including phenoxy) is 1. The third-order valence-corrected chi connectivity index (χ3v) is 5.26. The Kier molecular flexibility index (Phi) is 7.73. The van der Waals surface area contributed by atoms with Crippen LogP contribution in [0.5, 0.6) is 0 Å². The summed E-state index contributed by atoms with van der Waals surface area (Å²) in [7, 11) is 0. The van der Waals surface area contributed by atoms with Gasteiger partial charge in [0.1, 0.15) is 0 Å². The number of benzene rings is 1. The first-order chi connectivity index (χ1) is 12.8. The van der Waals surface area contributed by atoms with Gasteiger partial charge in [-0.1, -0.05) is 30.3 Å². The number of carbonyl (C=O) groups excluding carboxylic acids is 1. The first kappa shape index (κ1) is 19.1. The quantitative estimate of drug-likeness (QED) is 0.744. The Morgan fingerprint density at radius 1 is 0.923 bits per heavy atom. The van der Waals surface area contributed by atoms with Crippen LogP contribution in [0.4, 0.5) is 4.79 Å². The largest absolute Gasteiger partial charge is 0.379 e. The minimum Gasteiger partial charge on any atom is -0.379 e. The summed E-state index contributed by atoms with van der Waals surface area (Å²) in [5.41, 5.74) is 1.33. The maximum absolute atomic E-state index is 12.3. The molecule has 0 bridgehead atoms. The van der Waals surface area contributed by atoms with E-state index in [0.29, 0.717) is 0 Å². The fraction of sp³-hybridized carbons (Fsp3) is 0.650. The zero-order valence-corrected chi connectivity index (χ0v) is 15.7. The lowest BCUT2D eigenvalue weighted by atomic mass is 10.1. The summed E-state index contributed by atoms with van der Waals surface area (Å²) in [4.78, 5) is 19.2. The normalized spacial score (nSPS) is 19.5. The zero-order chi connectivity index (χ0) is 18.0. The summed E-state index contributed by atoms with van der Waals surface area (Å²) in [6, 6.07) is 10.5. The Hall–Kier alpha value is -1.63.